The molecule has 0 saturated carbocycles. The van der Waals surface area contributed by atoms with E-state index in [1.165, 1.54) is 0 Å². The van der Waals surface area contributed by atoms with E-state index in [4.69, 9.17) is 18.9 Å². The molecular formula is C23H35NO5. The molecule has 3 rings (SSSR count). The van der Waals surface area contributed by atoms with E-state index in [9.17, 15) is 4.79 Å². The molecule has 2 aliphatic heterocycles. The van der Waals surface area contributed by atoms with Crippen molar-refractivity contribution in [3.05, 3.63) is 29.8 Å². The van der Waals surface area contributed by atoms with E-state index in [-0.39, 0.29) is 23.7 Å². The highest BCUT2D eigenvalue weighted by molar-refractivity contribution is 5.79. The molecule has 1 aromatic rings. The molecule has 1 spiro atoms. The van der Waals surface area contributed by atoms with Crippen LogP contribution in [0.3, 0.4) is 0 Å². The largest absolute Gasteiger partial charge is 0.497 e. The van der Waals surface area contributed by atoms with E-state index in [2.05, 4.69) is 0 Å². The number of benzene rings is 1. The topological polar surface area (TPSA) is 57.2 Å². The Labute approximate surface area is 174 Å². The Morgan fingerprint density at radius 1 is 1.28 bits per heavy atom. The third kappa shape index (κ3) is 6.43. The minimum Gasteiger partial charge on any atom is -0.497 e. The Hall–Kier alpha value is -1.63. The van der Waals surface area contributed by atoms with Gasteiger partial charge in [0, 0.05) is 26.1 Å². The van der Waals surface area contributed by atoms with Gasteiger partial charge >= 0.3 is 0 Å². The highest BCUT2D eigenvalue weighted by Crippen LogP contribution is 2.36. The summed E-state index contributed by atoms with van der Waals surface area (Å²) >= 11 is 0. The van der Waals surface area contributed by atoms with Crippen molar-refractivity contribution in [3.63, 3.8) is 0 Å². The Morgan fingerprint density at radius 3 is 2.79 bits per heavy atom. The summed E-state index contributed by atoms with van der Waals surface area (Å²) in [4.78, 5) is 14.7. The summed E-state index contributed by atoms with van der Waals surface area (Å²) in [5.41, 5.74) is 0.842. The molecular weight excluding hydrogens is 370 g/mol. The normalized spacial score (nSPS) is 21.5. The number of likely N-dealkylation sites (tertiary alicyclic amines) is 1. The molecule has 0 aliphatic carbocycles. The zero-order valence-electron chi connectivity index (χ0n) is 18.0. The first-order chi connectivity index (χ1) is 14.0. The first kappa shape index (κ1) is 22.1. The van der Waals surface area contributed by atoms with Gasteiger partial charge in [-0.1, -0.05) is 12.1 Å². The van der Waals surface area contributed by atoms with Gasteiger partial charge in [0.15, 0.2) is 0 Å². The lowest BCUT2D eigenvalue weighted by Gasteiger charge is -2.46. The van der Waals surface area contributed by atoms with Gasteiger partial charge in [0.1, 0.15) is 5.75 Å². The lowest BCUT2D eigenvalue weighted by Crippen LogP contribution is -2.52. The number of piperidine rings is 1. The summed E-state index contributed by atoms with van der Waals surface area (Å²) in [6.07, 6.45) is 4.46. The number of amides is 1. The number of hydrogen-bond acceptors (Lipinski definition) is 5. The molecule has 2 heterocycles. The molecule has 0 radical (unpaired) electrons. The first-order valence-corrected chi connectivity index (χ1v) is 10.8. The maximum absolute atomic E-state index is 12.7. The van der Waals surface area contributed by atoms with Gasteiger partial charge in [-0.2, -0.15) is 0 Å². The molecule has 0 N–H and O–H groups in total. The Bertz CT molecular complexity index is 654. The van der Waals surface area contributed by atoms with Crippen LogP contribution in [-0.4, -0.2) is 68.6 Å². The van der Waals surface area contributed by atoms with Crippen molar-refractivity contribution in [2.45, 2.75) is 63.8 Å². The van der Waals surface area contributed by atoms with Crippen molar-refractivity contribution in [1.82, 2.24) is 4.90 Å². The molecule has 2 aliphatic rings. The van der Waals surface area contributed by atoms with Gasteiger partial charge in [-0.05, 0) is 50.8 Å². The quantitative estimate of drug-likeness (QED) is 0.622. The summed E-state index contributed by atoms with van der Waals surface area (Å²) in [5, 5.41) is 0. The highest BCUT2D eigenvalue weighted by Gasteiger charge is 2.41. The summed E-state index contributed by atoms with van der Waals surface area (Å²) in [7, 11) is 1.64. The van der Waals surface area contributed by atoms with Crippen LogP contribution in [0, 0.1) is 0 Å². The van der Waals surface area contributed by atoms with Crippen molar-refractivity contribution >= 4 is 5.91 Å². The van der Waals surface area contributed by atoms with E-state index in [0.29, 0.717) is 19.6 Å². The van der Waals surface area contributed by atoms with Gasteiger partial charge in [-0.3, -0.25) is 4.79 Å². The highest BCUT2D eigenvalue weighted by atomic mass is 16.5. The molecule has 1 atom stereocenters. The van der Waals surface area contributed by atoms with E-state index in [0.717, 1.165) is 56.7 Å². The molecule has 6 heteroatoms. The number of hydrogen-bond donors (Lipinski definition) is 0. The first-order valence-electron chi connectivity index (χ1n) is 10.8. The second-order valence-electron chi connectivity index (χ2n) is 8.35. The average Bonchev–Trinajstić information content (AvgIpc) is 2.72. The van der Waals surface area contributed by atoms with Crippen molar-refractivity contribution < 1.29 is 23.7 Å². The van der Waals surface area contributed by atoms with Crippen LogP contribution in [0.1, 0.15) is 45.1 Å². The predicted molar refractivity (Wildman–Crippen MR) is 111 cm³/mol. The van der Waals surface area contributed by atoms with E-state index in [1.807, 2.05) is 43.0 Å². The minimum atomic E-state index is -0.144. The zero-order valence-corrected chi connectivity index (χ0v) is 18.0. The molecule has 0 aromatic heterocycles. The molecule has 0 bridgehead atoms. The summed E-state index contributed by atoms with van der Waals surface area (Å²) in [6, 6.07) is 7.72. The van der Waals surface area contributed by atoms with Crippen LogP contribution in [0.5, 0.6) is 5.75 Å². The van der Waals surface area contributed by atoms with Crippen LogP contribution < -0.4 is 4.74 Å². The molecule has 1 aromatic carbocycles. The van der Waals surface area contributed by atoms with Crippen LogP contribution in [-0.2, 0) is 25.4 Å². The van der Waals surface area contributed by atoms with E-state index < -0.39 is 0 Å². The van der Waals surface area contributed by atoms with Crippen LogP contribution >= 0.6 is 0 Å². The third-order valence-corrected chi connectivity index (χ3v) is 5.85. The molecule has 162 valence electrons. The number of nitrogens with zero attached hydrogens (tertiary/aromatic N) is 1. The van der Waals surface area contributed by atoms with Crippen molar-refractivity contribution in [3.8, 4) is 5.75 Å². The van der Waals surface area contributed by atoms with Gasteiger partial charge in [0.2, 0.25) is 5.91 Å². The number of rotatable bonds is 8. The van der Waals surface area contributed by atoms with Crippen LogP contribution in [0.25, 0.3) is 0 Å². The van der Waals surface area contributed by atoms with Crippen LogP contribution in [0.2, 0.25) is 0 Å². The fourth-order valence-electron chi connectivity index (χ4n) is 4.20. The molecule has 29 heavy (non-hydrogen) atoms. The molecule has 6 nitrogen and oxygen atoms in total. The van der Waals surface area contributed by atoms with Gasteiger partial charge < -0.3 is 23.8 Å². The second kappa shape index (κ2) is 10.4. The van der Waals surface area contributed by atoms with Crippen molar-refractivity contribution in [2.75, 3.05) is 40.0 Å². The van der Waals surface area contributed by atoms with E-state index in [1.54, 1.807) is 7.11 Å². The fourth-order valence-corrected chi connectivity index (χ4v) is 4.20. The summed E-state index contributed by atoms with van der Waals surface area (Å²) < 4.78 is 23.0. The van der Waals surface area contributed by atoms with Crippen molar-refractivity contribution in [1.29, 1.82) is 0 Å². The number of carbonyl (C=O) groups excluding carboxylic acids is 1. The Kier molecular flexibility index (Phi) is 7.92. The van der Waals surface area contributed by atoms with E-state index >= 15 is 0 Å². The fraction of sp³-hybridized carbons (Fsp3) is 0.696. The smallest absolute Gasteiger partial charge is 0.226 e. The monoisotopic (exact) mass is 405 g/mol. The molecule has 1 amide bonds. The molecule has 1 unspecified atom stereocenters. The lowest BCUT2D eigenvalue weighted by atomic mass is 9.83. The predicted octanol–water partition coefficient (Wildman–Crippen LogP) is 3.22. The Balaban J connectivity index is 1.45. The number of methoxy groups -OCH3 is 1. The Morgan fingerprint density at radius 2 is 2.07 bits per heavy atom. The maximum atomic E-state index is 12.7. The van der Waals surface area contributed by atoms with Crippen LogP contribution in [0.15, 0.2) is 24.3 Å². The summed E-state index contributed by atoms with van der Waals surface area (Å²) in [5.74, 6) is 0.955. The van der Waals surface area contributed by atoms with Crippen LogP contribution in [0.4, 0.5) is 0 Å². The minimum absolute atomic E-state index is 0.144. The maximum Gasteiger partial charge on any atom is 0.226 e. The van der Waals surface area contributed by atoms with Gasteiger partial charge in [-0.15, -0.1) is 0 Å². The van der Waals surface area contributed by atoms with Gasteiger partial charge in [0.05, 0.1) is 44.6 Å². The lowest BCUT2D eigenvalue weighted by molar-refractivity contribution is -0.163. The summed E-state index contributed by atoms with van der Waals surface area (Å²) in [6.45, 7) is 7.55. The van der Waals surface area contributed by atoms with Gasteiger partial charge in [0.25, 0.3) is 0 Å². The third-order valence-electron chi connectivity index (χ3n) is 5.85. The standard InChI is InChI=1S/C23H35NO5/c1-18(2)27-13-14-28-21-7-12-29-23(17-21)8-10-24(11-9-23)22(25)16-19-5-4-6-20(15-19)26-3/h4-6,15,18,21H,7-14,16-17H2,1-3H3. The molecule has 2 fully saturated rings. The number of carbonyl (C=O) groups is 1. The average molecular weight is 406 g/mol. The zero-order chi connectivity index (χ0) is 20.7. The van der Waals surface area contributed by atoms with Crippen molar-refractivity contribution in [2.24, 2.45) is 0 Å². The second-order valence-corrected chi connectivity index (χ2v) is 8.35. The van der Waals surface area contributed by atoms with Gasteiger partial charge in [-0.25, -0.2) is 0 Å². The molecule has 2 saturated heterocycles. The number of ether oxygens (including phenoxy) is 4. The SMILES string of the molecule is COc1cccc(CC(=O)N2CCC3(CC2)CC(OCCOC(C)C)CCO3)c1.